The zero-order chi connectivity index (χ0) is 46.5. The Hall–Kier alpha value is -5.75. The maximum atomic E-state index is 14.8. The number of sulfonamides is 1. The Kier molecular flexibility index (Phi) is 14.7. The molecule has 65 heavy (non-hydrogen) atoms. The maximum Gasteiger partial charge on any atom is 0.266 e. The monoisotopic (exact) mass is 928 g/mol. The quantitative estimate of drug-likeness (QED) is 0.0942. The number of nitrogens with zero attached hydrogens (tertiary/aromatic N) is 3. The van der Waals surface area contributed by atoms with Crippen LogP contribution >= 0.6 is 11.3 Å². The first-order valence-corrected chi connectivity index (χ1v) is 24.7. The molecule has 5 N–H and O–H groups in total. The third-order valence-electron chi connectivity index (χ3n) is 12.0. The zero-order valence-electron chi connectivity index (χ0n) is 37.8. The average molecular weight is 929 g/mol. The van der Waals surface area contributed by atoms with Crippen molar-refractivity contribution in [1.82, 2.24) is 30.2 Å². The molecule has 1 saturated heterocycles. The summed E-state index contributed by atoms with van der Waals surface area (Å²) in [5, 5.41) is 15.5. The van der Waals surface area contributed by atoms with Crippen molar-refractivity contribution in [2.45, 2.75) is 108 Å². The molecule has 1 saturated carbocycles. The molecule has 2 aliphatic heterocycles. The van der Waals surface area contributed by atoms with E-state index in [1.54, 1.807) is 43.5 Å². The number of benzene rings is 2. The van der Waals surface area contributed by atoms with Crippen LogP contribution in [0.2, 0.25) is 0 Å². The lowest BCUT2D eigenvalue weighted by molar-refractivity contribution is -0.142. The molecule has 18 heteroatoms. The number of carbonyl (C=O) groups is 4. The summed E-state index contributed by atoms with van der Waals surface area (Å²) in [7, 11) is -1.28. The van der Waals surface area contributed by atoms with E-state index in [1.807, 2.05) is 51.3 Å². The molecule has 0 unspecified atom stereocenters. The molecule has 4 heterocycles. The van der Waals surface area contributed by atoms with Crippen molar-refractivity contribution in [2.75, 3.05) is 37.9 Å². The number of para-hydroxylation sites is 1. The van der Waals surface area contributed by atoms with Gasteiger partial charge >= 0.3 is 0 Å². The number of nitrogens with one attached hydrogen (secondary N) is 5. The molecule has 0 radical (unpaired) electrons. The molecule has 0 spiro atoms. The van der Waals surface area contributed by atoms with Gasteiger partial charge in [0.15, 0.2) is 5.13 Å². The van der Waals surface area contributed by atoms with Gasteiger partial charge in [-0.05, 0) is 76.1 Å². The minimum Gasteiger partial charge on any atom is -0.497 e. The molecule has 2 fully saturated rings. The van der Waals surface area contributed by atoms with Crippen LogP contribution in [0.25, 0.3) is 22.3 Å². The molecular weight excluding hydrogens is 869 g/mol. The van der Waals surface area contributed by atoms with Gasteiger partial charge in [-0.1, -0.05) is 44.6 Å². The number of pyridine rings is 1. The van der Waals surface area contributed by atoms with E-state index in [0.717, 1.165) is 30.8 Å². The highest BCUT2D eigenvalue weighted by molar-refractivity contribution is 7.90. The highest BCUT2D eigenvalue weighted by Crippen LogP contribution is 2.46. The number of allylic oxidation sites excluding steroid dienone is 1. The van der Waals surface area contributed by atoms with Gasteiger partial charge in [-0.2, -0.15) is 0 Å². The molecular formula is C47H60N8O8S2. The van der Waals surface area contributed by atoms with E-state index in [-0.39, 0.29) is 48.6 Å². The Morgan fingerprint density at radius 3 is 2.58 bits per heavy atom. The van der Waals surface area contributed by atoms with Crippen LogP contribution in [0.1, 0.15) is 79.1 Å². The van der Waals surface area contributed by atoms with Crippen LogP contribution in [0.4, 0.5) is 10.8 Å². The first-order chi connectivity index (χ1) is 31.1. The van der Waals surface area contributed by atoms with Gasteiger partial charge in [0.05, 0.1) is 30.6 Å². The predicted octanol–water partition coefficient (Wildman–Crippen LogP) is 6.26. The van der Waals surface area contributed by atoms with Crippen LogP contribution in [0.3, 0.4) is 0 Å². The van der Waals surface area contributed by atoms with E-state index in [4.69, 9.17) is 19.4 Å². The van der Waals surface area contributed by atoms with Crippen LogP contribution in [0.5, 0.6) is 11.5 Å². The summed E-state index contributed by atoms with van der Waals surface area (Å²) in [6.07, 6.45) is 7.00. The highest BCUT2D eigenvalue weighted by Gasteiger charge is 2.61. The molecule has 4 aromatic rings. The Morgan fingerprint density at radius 2 is 1.83 bits per heavy atom. The number of fused-ring (bicyclic) bond motifs is 3. The minimum atomic E-state index is -4.38. The van der Waals surface area contributed by atoms with E-state index < -0.39 is 57.3 Å². The summed E-state index contributed by atoms with van der Waals surface area (Å²) in [6, 6.07) is 12.7. The number of carbonyl (C=O) groups excluding carboxylic acids is 4. The summed E-state index contributed by atoms with van der Waals surface area (Å²) < 4.78 is 42.3. The van der Waals surface area contributed by atoms with Crippen LogP contribution in [-0.2, 0) is 29.2 Å². The van der Waals surface area contributed by atoms with E-state index in [1.165, 1.54) is 29.4 Å². The van der Waals surface area contributed by atoms with Crippen molar-refractivity contribution in [3.8, 4) is 22.9 Å². The Morgan fingerprint density at radius 1 is 1.03 bits per heavy atom. The number of hydrogen-bond acceptors (Lipinski definition) is 13. The van der Waals surface area contributed by atoms with Gasteiger partial charge in [0.2, 0.25) is 17.7 Å². The summed E-state index contributed by atoms with van der Waals surface area (Å²) >= 11 is 1.45. The van der Waals surface area contributed by atoms with Crippen molar-refractivity contribution in [3.05, 3.63) is 66.1 Å². The number of amides is 4. The number of anilines is 2. The van der Waals surface area contributed by atoms with E-state index in [9.17, 15) is 27.6 Å². The second-order valence-corrected chi connectivity index (χ2v) is 20.3. The fourth-order valence-electron chi connectivity index (χ4n) is 8.66. The molecule has 0 bridgehead atoms. The standard InChI is InChI=1S/C47H60N8O8S2/c1-28(2)20-30(43(57)48-5)21-42(56)55-26-33(63-40-24-37(38-27-64-46(52-38)50-29(3)4)51-36-22-32(62-6)17-18-34(36)40)23-39(55)44(58)53-47-25-31(47)14-10-8-7-9-13-19-49-35-15-11-12-16-41(35)65(60,61)54-45(47)59/h10-12,14-18,22,24,27-31,33,39,49H,7-9,13,19-21,23,25-26H2,1-6H3,(H,48,57)(H,50,52)(H,53,58)(H,54,59)/b14-10-/t30-,31+,33-,39+,47-/m1/s1. The van der Waals surface area contributed by atoms with Crippen molar-refractivity contribution >= 4 is 66.7 Å². The third-order valence-corrected chi connectivity index (χ3v) is 14.2. The number of likely N-dealkylation sites (tertiary alicyclic amines) is 1. The molecule has 16 nitrogen and oxygen atoms in total. The van der Waals surface area contributed by atoms with Crippen molar-refractivity contribution in [3.63, 3.8) is 0 Å². The Bertz CT molecular complexity index is 2550. The second kappa shape index (κ2) is 20.2. The smallest absolute Gasteiger partial charge is 0.266 e. The lowest BCUT2D eigenvalue weighted by Crippen LogP contribution is -2.56. The van der Waals surface area contributed by atoms with Crippen LogP contribution in [0, 0.1) is 17.8 Å². The van der Waals surface area contributed by atoms with Crippen molar-refractivity contribution < 1.29 is 37.1 Å². The lowest BCUT2D eigenvalue weighted by Gasteiger charge is -2.28. The zero-order valence-corrected chi connectivity index (χ0v) is 39.4. The first kappa shape index (κ1) is 47.2. The van der Waals surface area contributed by atoms with Crippen molar-refractivity contribution in [1.29, 1.82) is 0 Å². The van der Waals surface area contributed by atoms with Gasteiger partial charge < -0.3 is 35.6 Å². The number of ether oxygens (including phenoxy) is 2. The summed E-state index contributed by atoms with van der Waals surface area (Å²) in [4.78, 5) is 67.7. The maximum absolute atomic E-state index is 14.8. The van der Waals surface area contributed by atoms with E-state index in [0.29, 0.717) is 52.4 Å². The van der Waals surface area contributed by atoms with E-state index >= 15 is 0 Å². The SMILES string of the molecule is CNC(=O)[C@@H](CC(=O)N1C[C@H](Oc2cc(-c3csc(NC(C)C)n3)nc3cc(OC)ccc23)C[C@H]1C(=O)N[C@]12C[C@@H]1/C=C\CCCCCNc1ccccc1S(=O)(=O)NC2=O)CC(C)C. The van der Waals surface area contributed by atoms with Crippen LogP contribution in [0.15, 0.2) is 71.0 Å². The van der Waals surface area contributed by atoms with Gasteiger partial charge in [-0.25, -0.2) is 23.1 Å². The summed E-state index contributed by atoms with van der Waals surface area (Å²) in [5.41, 5.74) is 0.529. The summed E-state index contributed by atoms with van der Waals surface area (Å²) in [5.74, 6) is -2.21. The van der Waals surface area contributed by atoms with Crippen LogP contribution in [-0.4, -0.2) is 97.9 Å². The molecule has 2 aromatic carbocycles. The topological polar surface area (TPSA) is 210 Å². The first-order valence-electron chi connectivity index (χ1n) is 22.4. The van der Waals surface area contributed by atoms with Gasteiger partial charge in [0.25, 0.3) is 15.9 Å². The van der Waals surface area contributed by atoms with Gasteiger partial charge in [0, 0.05) is 67.2 Å². The number of aromatic nitrogens is 2. The van der Waals surface area contributed by atoms with Gasteiger partial charge in [-0.3, -0.25) is 19.2 Å². The fourth-order valence-corrected chi connectivity index (χ4v) is 10.7. The molecule has 1 aliphatic carbocycles. The van der Waals surface area contributed by atoms with Crippen LogP contribution < -0.4 is 35.5 Å². The average Bonchev–Trinajstić information content (AvgIpc) is 3.53. The molecule has 4 amide bonds. The molecule has 5 atom stereocenters. The minimum absolute atomic E-state index is 0.00574. The number of thiazole rings is 1. The largest absolute Gasteiger partial charge is 0.497 e. The number of hydrogen-bond donors (Lipinski definition) is 5. The predicted molar refractivity (Wildman–Crippen MR) is 251 cm³/mol. The normalized spacial score (nSPS) is 22.9. The summed E-state index contributed by atoms with van der Waals surface area (Å²) in [6.45, 7) is 8.56. The fraction of sp³-hybridized carbons (Fsp3) is 0.489. The van der Waals surface area contributed by atoms with Crippen molar-refractivity contribution in [2.24, 2.45) is 17.8 Å². The molecule has 348 valence electrons. The van der Waals surface area contributed by atoms with Gasteiger partial charge in [-0.15, -0.1) is 11.3 Å². The lowest BCUT2D eigenvalue weighted by atomic mass is 9.92. The number of methoxy groups -OCH3 is 1. The van der Waals surface area contributed by atoms with Gasteiger partial charge in [0.1, 0.15) is 39.8 Å². The Labute approximate surface area is 384 Å². The molecule has 3 aliphatic rings. The number of rotatable bonds is 13. The third kappa shape index (κ3) is 11.0. The highest BCUT2D eigenvalue weighted by atomic mass is 32.2. The second-order valence-electron chi connectivity index (χ2n) is 17.8. The Balaban J connectivity index is 1.21. The molecule has 7 rings (SSSR count). The van der Waals surface area contributed by atoms with E-state index in [2.05, 4.69) is 26.0 Å². The molecule has 2 aromatic heterocycles.